The number of hydrogen-bond donors (Lipinski definition) is 1. The van der Waals surface area contributed by atoms with Crippen LogP contribution in [0.5, 0.6) is 0 Å². The molecule has 0 bridgehead atoms. The van der Waals surface area contributed by atoms with Gasteiger partial charge in [0.15, 0.2) is 0 Å². The van der Waals surface area contributed by atoms with E-state index in [9.17, 15) is 13.2 Å². The maximum atomic E-state index is 13.9. The highest BCUT2D eigenvalue weighted by molar-refractivity contribution is 6.39. The minimum absolute atomic E-state index is 0.0693. The molecule has 2 aromatic carbocycles. The molecule has 0 heterocycles. The maximum absolute atomic E-state index is 13.9. The van der Waals surface area contributed by atoms with Gasteiger partial charge in [0.25, 0.3) is 0 Å². The minimum atomic E-state index is -0.597. The van der Waals surface area contributed by atoms with Crippen molar-refractivity contribution in [2.24, 2.45) is 0 Å². The number of rotatable bonds is 3. The fourth-order valence-electron chi connectivity index (χ4n) is 1.97. The summed E-state index contributed by atoms with van der Waals surface area (Å²) in [5, 5.41) is 3.01. The molecule has 0 aliphatic carbocycles. The third kappa shape index (κ3) is 3.44. The molecule has 0 saturated heterocycles. The molecule has 21 heavy (non-hydrogen) atoms. The Morgan fingerprint density at radius 3 is 2.10 bits per heavy atom. The molecule has 1 atom stereocenters. The van der Waals surface area contributed by atoms with Crippen molar-refractivity contribution in [1.29, 1.82) is 0 Å². The fraction of sp³-hybridized carbons (Fsp3) is 0.200. The number of benzene rings is 2. The second-order valence-corrected chi connectivity index (χ2v) is 5.55. The van der Waals surface area contributed by atoms with Crippen molar-refractivity contribution < 1.29 is 13.2 Å². The first-order valence-electron chi connectivity index (χ1n) is 6.16. The van der Waals surface area contributed by atoms with Crippen LogP contribution in [0.25, 0.3) is 0 Å². The smallest absolute Gasteiger partial charge is 0.128 e. The summed E-state index contributed by atoms with van der Waals surface area (Å²) in [5.74, 6) is -1.62. The highest BCUT2D eigenvalue weighted by atomic mass is 35.5. The topological polar surface area (TPSA) is 12.0 Å². The monoisotopic (exact) mass is 333 g/mol. The summed E-state index contributed by atoms with van der Waals surface area (Å²) in [6.45, 7) is 3.11. The molecule has 0 spiro atoms. The number of anilines is 1. The highest BCUT2D eigenvalue weighted by Crippen LogP contribution is 2.34. The van der Waals surface area contributed by atoms with E-state index in [1.807, 2.05) is 0 Å². The standard InChI is InChI=1S/C15H12Cl2F3N/c1-7-3-14(20)10(6-13(7)19)8(2)21-15-11(16)4-9(18)5-12(15)17/h3-6,8,21H,1-2H3. The molecule has 1 unspecified atom stereocenters. The van der Waals surface area contributed by atoms with Gasteiger partial charge in [0, 0.05) is 5.56 Å². The molecule has 0 radical (unpaired) electrons. The molecule has 0 aromatic heterocycles. The Morgan fingerprint density at radius 1 is 0.952 bits per heavy atom. The van der Waals surface area contributed by atoms with Crippen LogP contribution < -0.4 is 5.32 Å². The Labute approximate surface area is 130 Å². The van der Waals surface area contributed by atoms with Crippen LogP contribution in [0.3, 0.4) is 0 Å². The normalized spacial score (nSPS) is 12.3. The van der Waals surface area contributed by atoms with Crippen LogP contribution in [-0.2, 0) is 0 Å². The Bertz CT molecular complexity index is 666. The molecule has 0 fully saturated rings. The quantitative estimate of drug-likeness (QED) is 0.738. The Hall–Kier alpha value is -1.39. The van der Waals surface area contributed by atoms with E-state index in [4.69, 9.17) is 23.2 Å². The van der Waals surface area contributed by atoms with Crippen LogP contribution in [0.2, 0.25) is 10.0 Å². The van der Waals surface area contributed by atoms with Gasteiger partial charge in [-0.1, -0.05) is 23.2 Å². The molecule has 1 nitrogen and oxygen atoms in total. The van der Waals surface area contributed by atoms with E-state index in [0.29, 0.717) is 0 Å². The summed E-state index contributed by atoms with van der Waals surface area (Å²) in [7, 11) is 0. The molecule has 2 rings (SSSR count). The minimum Gasteiger partial charge on any atom is -0.376 e. The van der Waals surface area contributed by atoms with E-state index in [1.54, 1.807) is 6.92 Å². The van der Waals surface area contributed by atoms with Crippen LogP contribution in [0, 0.1) is 24.4 Å². The molecule has 0 aliphatic rings. The molecule has 112 valence electrons. The number of hydrogen-bond acceptors (Lipinski definition) is 1. The summed E-state index contributed by atoms with van der Waals surface area (Å²) in [6, 6.07) is 3.83. The second-order valence-electron chi connectivity index (χ2n) is 4.73. The van der Waals surface area contributed by atoms with Gasteiger partial charge in [0.2, 0.25) is 0 Å². The van der Waals surface area contributed by atoms with Crippen LogP contribution in [0.4, 0.5) is 18.9 Å². The van der Waals surface area contributed by atoms with Crippen molar-refractivity contribution in [3.8, 4) is 0 Å². The lowest BCUT2D eigenvalue weighted by atomic mass is 10.0. The van der Waals surface area contributed by atoms with Gasteiger partial charge in [0.1, 0.15) is 17.5 Å². The average Bonchev–Trinajstić information content (AvgIpc) is 2.37. The van der Waals surface area contributed by atoms with Gasteiger partial charge in [-0.05, 0) is 43.7 Å². The zero-order valence-corrected chi connectivity index (χ0v) is 12.8. The molecule has 0 aliphatic heterocycles. The van der Waals surface area contributed by atoms with Gasteiger partial charge >= 0.3 is 0 Å². The van der Waals surface area contributed by atoms with Crippen LogP contribution in [0.15, 0.2) is 24.3 Å². The largest absolute Gasteiger partial charge is 0.376 e. The van der Waals surface area contributed by atoms with Gasteiger partial charge in [-0.15, -0.1) is 0 Å². The van der Waals surface area contributed by atoms with Crippen LogP contribution in [0.1, 0.15) is 24.1 Å². The van der Waals surface area contributed by atoms with Gasteiger partial charge in [-0.25, -0.2) is 13.2 Å². The van der Waals surface area contributed by atoms with E-state index >= 15 is 0 Å². The second kappa shape index (κ2) is 6.16. The Balaban J connectivity index is 2.35. The Kier molecular flexibility index (Phi) is 4.69. The lowest BCUT2D eigenvalue weighted by molar-refractivity contribution is 0.571. The summed E-state index contributed by atoms with van der Waals surface area (Å²) < 4.78 is 40.6. The predicted molar refractivity (Wildman–Crippen MR) is 79.6 cm³/mol. The van der Waals surface area contributed by atoms with E-state index in [0.717, 1.165) is 24.3 Å². The molecular weight excluding hydrogens is 322 g/mol. The first-order chi connectivity index (χ1) is 9.79. The Morgan fingerprint density at radius 2 is 1.52 bits per heavy atom. The molecule has 2 aromatic rings. The predicted octanol–water partition coefficient (Wildman–Crippen LogP) is 5.89. The summed E-state index contributed by atoms with van der Waals surface area (Å²) in [6.07, 6.45) is 0. The summed E-state index contributed by atoms with van der Waals surface area (Å²) in [4.78, 5) is 0. The number of aryl methyl sites for hydroxylation is 1. The van der Waals surface area contributed by atoms with Crippen molar-refractivity contribution >= 4 is 28.9 Å². The molecule has 0 amide bonds. The third-order valence-electron chi connectivity index (χ3n) is 3.11. The highest BCUT2D eigenvalue weighted by Gasteiger charge is 2.17. The van der Waals surface area contributed by atoms with Crippen LogP contribution >= 0.6 is 23.2 Å². The van der Waals surface area contributed by atoms with E-state index in [1.165, 1.54) is 6.92 Å². The first-order valence-corrected chi connectivity index (χ1v) is 6.91. The lowest BCUT2D eigenvalue weighted by Gasteiger charge is -2.19. The van der Waals surface area contributed by atoms with Gasteiger partial charge in [-0.3, -0.25) is 0 Å². The van der Waals surface area contributed by atoms with Crippen molar-refractivity contribution in [2.45, 2.75) is 19.9 Å². The number of nitrogens with one attached hydrogen (secondary N) is 1. The SMILES string of the molecule is Cc1cc(F)c(C(C)Nc2c(Cl)cc(F)cc2Cl)cc1F. The van der Waals surface area contributed by atoms with E-state index in [-0.39, 0.29) is 26.9 Å². The summed E-state index contributed by atoms with van der Waals surface area (Å²) >= 11 is 11.8. The average molecular weight is 334 g/mol. The zero-order valence-electron chi connectivity index (χ0n) is 11.3. The van der Waals surface area contributed by atoms with Crippen molar-refractivity contribution in [3.05, 3.63) is 62.9 Å². The summed E-state index contributed by atoms with van der Waals surface area (Å²) in [5.41, 5.74) is 0.628. The van der Waals surface area contributed by atoms with E-state index in [2.05, 4.69) is 5.32 Å². The van der Waals surface area contributed by atoms with Gasteiger partial charge in [0.05, 0.1) is 21.8 Å². The molecule has 1 N–H and O–H groups in total. The van der Waals surface area contributed by atoms with Crippen molar-refractivity contribution in [1.82, 2.24) is 0 Å². The van der Waals surface area contributed by atoms with Crippen LogP contribution in [-0.4, -0.2) is 0 Å². The lowest BCUT2D eigenvalue weighted by Crippen LogP contribution is -2.10. The molecular formula is C15H12Cl2F3N. The zero-order chi connectivity index (χ0) is 15.7. The first kappa shape index (κ1) is 16.0. The molecule has 0 saturated carbocycles. The fourth-order valence-corrected chi connectivity index (χ4v) is 2.54. The van der Waals surface area contributed by atoms with Crippen molar-refractivity contribution in [3.63, 3.8) is 0 Å². The van der Waals surface area contributed by atoms with Gasteiger partial charge in [-0.2, -0.15) is 0 Å². The number of halogens is 5. The molecule has 6 heteroatoms. The third-order valence-corrected chi connectivity index (χ3v) is 3.71. The van der Waals surface area contributed by atoms with E-state index < -0.39 is 23.5 Å². The maximum Gasteiger partial charge on any atom is 0.128 e. The van der Waals surface area contributed by atoms with Crippen molar-refractivity contribution in [2.75, 3.05) is 5.32 Å². The van der Waals surface area contributed by atoms with Gasteiger partial charge < -0.3 is 5.32 Å².